The van der Waals surface area contributed by atoms with E-state index in [1.165, 1.54) is 0 Å². The minimum Gasteiger partial charge on any atom is -0.329 e. The summed E-state index contributed by atoms with van der Waals surface area (Å²) >= 11 is 4.95. The first kappa shape index (κ1) is 9.41. The summed E-state index contributed by atoms with van der Waals surface area (Å²) in [7, 11) is -4.26. The van der Waals surface area contributed by atoms with Crippen molar-refractivity contribution >= 4 is 27.9 Å². The lowest BCUT2D eigenvalue weighted by Gasteiger charge is -1.95. The summed E-state index contributed by atoms with van der Waals surface area (Å²) in [5.74, 6) is -1.27. The van der Waals surface area contributed by atoms with Crippen LogP contribution < -0.4 is 5.14 Å². The highest BCUT2D eigenvalue weighted by atomic mass is 35.5. The third-order valence-corrected chi connectivity index (χ3v) is 0.951. The predicted octanol–water partition coefficient (Wildman–Crippen LogP) is -0.514. The van der Waals surface area contributed by atoms with Gasteiger partial charge in [0.15, 0.2) is 0 Å². The van der Waals surface area contributed by atoms with Crippen LogP contribution in [0.3, 0.4) is 0 Å². The van der Waals surface area contributed by atoms with Gasteiger partial charge in [0.25, 0.3) is 0 Å². The second kappa shape index (κ2) is 3.00. The molecule has 0 radical (unpaired) electrons. The number of hydrogen-bond donors (Lipinski definition) is 1. The van der Waals surface area contributed by atoms with Gasteiger partial charge in [-0.3, -0.25) is 0 Å². The molecular formula is C3H4ClNO4S. The van der Waals surface area contributed by atoms with E-state index in [4.69, 9.17) is 11.6 Å². The van der Waals surface area contributed by atoms with Crippen molar-refractivity contribution in [1.29, 1.82) is 0 Å². The minimum absolute atomic E-state index is 0.547. The van der Waals surface area contributed by atoms with Gasteiger partial charge >= 0.3 is 16.3 Å². The fourth-order valence-electron chi connectivity index (χ4n) is 0.151. The highest BCUT2D eigenvalue weighted by molar-refractivity contribution is 7.84. The molecule has 0 aliphatic carbocycles. The maximum absolute atomic E-state index is 10.2. The zero-order valence-corrected chi connectivity index (χ0v) is 6.28. The van der Waals surface area contributed by atoms with Crippen LogP contribution in [-0.4, -0.2) is 14.4 Å². The molecule has 0 bridgehead atoms. The van der Waals surface area contributed by atoms with Gasteiger partial charge < -0.3 is 4.18 Å². The van der Waals surface area contributed by atoms with E-state index in [-0.39, 0.29) is 0 Å². The predicted molar refractivity (Wildman–Crippen MR) is 34.2 cm³/mol. The van der Waals surface area contributed by atoms with Crippen LogP contribution >= 0.6 is 11.6 Å². The van der Waals surface area contributed by atoms with Crippen LogP contribution in [0, 0.1) is 0 Å². The van der Waals surface area contributed by atoms with Crippen LogP contribution in [-0.2, 0) is 19.3 Å². The summed E-state index contributed by atoms with van der Waals surface area (Å²) in [5, 5.41) is 3.76. The van der Waals surface area contributed by atoms with Gasteiger partial charge in [-0.05, 0) is 0 Å². The maximum atomic E-state index is 10.2. The fraction of sp³-hybridized carbons (Fsp3) is 0. The van der Waals surface area contributed by atoms with Crippen LogP contribution in [0.5, 0.6) is 0 Å². The Morgan fingerprint density at radius 2 is 2.00 bits per heavy atom. The van der Waals surface area contributed by atoms with E-state index in [0.29, 0.717) is 0 Å². The Balaban J connectivity index is 4.21. The second-order valence-corrected chi connectivity index (χ2v) is 2.88. The van der Waals surface area contributed by atoms with Crippen LogP contribution in [0.2, 0.25) is 0 Å². The normalized spacial score (nSPS) is 10.6. The van der Waals surface area contributed by atoms with Gasteiger partial charge in [-0.15, -0.1) is 0 Å². The van der Waals surface area contributed by atoms with Gasteiger partial charge in [0.05, 0.1) is 0 Å². The zero-order chi connectivity index (χ0) is 8.36. The van der Waals surface area contributed by atoms with E-state index >= 15 is 0 Å². The summed E-state index contributed by atoms with van der Waals surface area (Å²) < 4.78 is 23.5. The van der Waals surface area contributed by atoms with Gasteiger partial charge in [0, 0.05) is 0 Å². The molecule has 5 nitrogen and oxygen atoms in total. The molecule has 0 aliphatic rings. The molecule has 10 heavy (non-hydrogen) atoms. The first-order valence-corrected chi connectivity index (χ1v) is 3.79. The number of halogens is 1. The van der Waals surface area contributed by atoms with Crippen molar-refractivity contribution in [3.05, 3.63) is 11.6 Å². The molecule has 2 N–H and O–H groups in total. The summed E-state index contributed by atoms with van der Waals surface area (Å²) in [6, 6.07) is 0. The van der Waals surface area contributed by atoms with Crippen molar-refractivity contribution in [2.75, 3.05) is 0 Å². The van der Waals surface area contributed by atoms with Crippen molar-refractivity contribution < 1.29 is 17.4 Å². The minimum atomic E-state index is -4.26. The topological polar surface area (TPSA) is 86.5 Å². The van der Waals surface area contributed by atoms with E-state index in [1.54, 1.807) is 0 Å². The first-order valence-electron chi connectivity index (χ1n) is 1.94. The molecular weight excluding hydrogens is 182 g/mol. The molecule has 0 spiro atoms. The second-order valence-electron chi connectivity index (χ2n) is 1.27. The summed E-state index contributed by atoms with van der Waals surface area (Å²) in [5.41, 5.74) is 0. The molecule has 58 valence electrons. The maximum Gasteiger partial charge on any atom is 0.382 e. The van der Waals surface area contributed by atoms with Crippen molar-refractivity contribution in [1.82, 2.24) is 0 Å². The largest absolute Gasteiger partial charge is 0.382 e. The summed E-state index contributed by atoms with van der Waals surface area (Å²) in [6.07, 6.45) is 0. The Morgan fingerprint density at radius 3 is 2.10 bits per heavy atom. The van der Waals surface area contributed by atoms with Gasteiger partial charge in [-0.25, -0.2) is 4.79 Å². The van der Waals surface area contributed by atoms with E-state index in [9.17, 15) is 13.2 Å². The van der Waals surface area contributed by atoms with Crippen molar-refractivity contribution in [3.8, 4) is 0 Å². The van der Waals surface area contributed by atoms with Crippen LogP contribution in [0.25, 0.3) is 0 Å². The Kier molecular flexibility index (Phi) is 2.82. The highest BCUT2D eigenvalue weighted by Gasteiger charge is 2.12. The van der Waals surface area contributed by atoms with Gasteiger partial charge in [0.1, 0.15) is 5.03 Å². The molecule has 0 fully saturated rings. The molecule has 0 unspecified atom stereocenters. The van der Waals surface area contributed by atoms with E-state index in [2.05, 4.69) is 15.9 Å². The molecule has 7 heteroatoms. The van der Waals surface area contributed by atoms with Gasteiger partial charge in [-0.1, -0.05) is 18.2 Å². The van der Waals surface area contributed by atoms with Crippen LogP contribution in [0.15, 0.2) is 11.6 Å². The number of hydrogen-bond acceptors (Lipinski definition) is 4. The number of carbonyl (C=O) groups is 1. The molecule has 0 amide bonds. The molecule has 0 aromatic carbocycles. The van der Waals surface area contributed by atoms with Gasteiger partial charge in [0.2, 0.25) is 0 Å². The van der Waals surface area contributed by atoms with Crippen LogP contribution in [0.1, 0.15) is 0 Å². The lowest BCUT2D eigenvalue weighted by molar-refractivity contribution is -0.128. The SMILES string of the molecule is C=C(Cl)C(=O)OS(N)(=O)=O. The van der Waals surface area contributed by atoms with Crippen molar-refractivity contribution in [2.45, 2.75) is 0 Å². The van der Waals surface area contributed by atoms with Crippen LogP contribution in [0.4, 0.5) is 0 Å². The molecule has 0 aliphatic heterocycles. The van der Waals surface area contributed by atoms with Crippen molar-refractivity contribution in [3.63, 3.8) is 0 Å². The Bertz CT molecular complexity index is 256. The molecule has 0 rings (SSSR count). The number of nitrogens with two attached hydrogens (primary N) is 1. The molecule has 0 saturated heterocycles. The van der Waals surface area contributed by atoms with Crippen molar-refractivity contribution in [2.24, 2.45) is 5.14 Å². The molecule has 0 aromatic rings. The van der Waals surface area contributed by atoms with Gasteiger partial charge in [-0.2, -0.15) is 13.6 Å². The van der Waals surface area contributed by atoms with E-state index < -0.39 is 21.3 Å². The molecule has 0 heterocycles. The highest BCUT2D eigenvalue weighted by Crippen LogP contribution is 2.00. The molecule has 0 aromatic heterocycles. The monoisotopic (exact) mass is 185 g/mol. The lowest BCUT2D eigenvalue weighted by atomic mass is 10.7. The third kappa shape index (κ3) is 4.30. The quantitative estimate of drug-likeness (QED) is 0.587. The smallest absolute Gasteiger partial charge is 0.329 e. The Labute approximate surface area is 62.7 Å². The third-order valence-electron chi connectivity index (χ3n) is 0.413. The summed E-state index contributed by atoms with van der Waals surface area (Å²) in [4.78, 5) is 10.2. The average Bonchev–Trinajstić information content (AvgIpc) is 1.60. The zero-order valence-electron chi connectivity index (χ0n) is 4.70. The Morgan fingerprint density at radius 1 is 1.60 bits per heavy atom. The fourth-order valence-corrected chi connectivity index (χ4v) is 0.547. The molecule has 0 atom stereocenters. The standard InChI is InChI=1S/C3H4ClNO4S/c1-2(4)3(6)9-10(5,7)8/h1H2,(H2,5,7,8). The number of carbonyl (C=O) groups excluding carboxylic acids is 1. The average molecular weight is 186 g/mol. The lowest BCUT2D eigenvalue weighted by Crippen LogP contribution is -2.20. The van der Waals surface area contributed by atoms with E-state index in [0.717, 1.165) is 0 Å². The van der Waals surface area contributed by atoms with E-state index in [1.807, 2.05) is 0 Å². The Hall–Kier alpha value is -0.590. The number of rotatable bonds is 2. The first-order chi connectivity index (χ1) is 4.33. The summed E-state index contributed by atoms with van der Waals surface area (Å²) in [6.45, 7) is 2.91. The molecule has 0 saturated carbocycles.